The molecule has 1 saturated heterocycles. The van der Waals surface area contributed by atoms with Crippen molar-refractivity contribution in [1.82, 2.24) is 4.90 Å². The summed E-state index contributed by atoms with van der Waals surface area (Å²) in [5, 5.41) is 0. The van der Waals surface area contributed by atoms with Gasteiger partial charge < -0.3 is 9.55 Å². The fourth-order valence-corrected chi connectivity index (χ4v) is 0.655. The summed E-state index contributed by atoms with van der Waals surface area (Å²) in [6, 6.07) is 0. The van der Waals surface area contributed by atoms with Crippen molar-refractivity contribution in [1.29, 1.82) is 0 Å². The van der Waals surface area contributed by atoms with E-state index < -0.39 is 0 Å². The van der Waals surface area contributed by atoms with Crippen LogP contribution >= 0.6 is 0 Å². The van der Waals surface area contributed by atoms with Crippen molar-refractivity contribution >= 4 is 7.48 Å². The second-order valence-corrected chi connectivity index (χ2v) is 1.92. The molecule has 0 unspecified atom stereocenters. The number of hydrogen-bond acceptors (Lipinski definition) is 2. The van der Waals surface area contributed by atoms with Gasteiger partial charge in [0.2, 0.25) is 0 Å². The molecule has 0 bridgehead atoms. The summed E-state index contributed by atoms with van der Waals surface area (Å²) in [6.07, 6.45) is 1.10. The van der Waals surface area contributed by atoms with E-state index in [1.165, 1.54) is 0 Å². The summed E-state index contributed by atoms with van der Waals surface area (Å²) in [5.74, 6) is 0. The van der Waals surface area contributed by atoms with E-state index in [0.29, 0.717) is 0 Å². The van der Waals surface area contributed by atoms with Crippen molar-refractivity contribution in [2.75, 3.05) is 26.6 Å². The fourth-order valence-electron chi connectivity index (χ4n) is 0.655. The number of nitrogens with zero attached hydrogens (tertiary/aromatic N) is 1. The molecule has 0 aromatic rings. The van der Waals surface area contributed by atoms with E-state index in [9.17, 15) is 0 Å². The third kappa shape index (κ3) is 1.49. The maximum atomic E-state index is 5.10. The Morgan fingerprint density at radius 2 is 2.57 bits per heavy atom. The Morgan fingerprint density at radius 3 is 2.86 bits per heavy atom. The van der Waals surface area contributed by atoms with Crippen LogP contribution in [0, 0.1) is 0 Å². The van der Waals surface area contributed by atoms with Crippen LogP contribution in [0.1, 0.15) is 0 Å². The third-order valence-electron chi connectivity index (χ3n) is 1.23. The van der Waals surface area contributed by atoms with Crippen molar-refractivity contribution < 1.29 is 4.65 Å². The normalized spacial score (nSPS) is 24.1. The van der Waals surface area contributed by atoms with E-state index in [0.717, 1.165) is 27.1 Å². The van der Waals surface area contributed by atoms with E-state index in [2.05, 4.69) is 11.9 Å². The number of rotatable bonds is 0. The zero-order chi connectivity index (χ0) is 5.11. The molecule has 0 amide bonds. The molecule has 0 radical (unpaired) electrons. The molecule has 40 valence electrons. The second-order valence-electron chi connectivity index (χ2n) is 1.92. The monoisotopic (exact) mass is 99.1 g/mol. The lowest BCUT2D eigenvalue weighted by Crippen LogP contribution is -2.34. The summed E-state index contributed by atoms with van der Waals surface area (Å²) < 4.78 is 5.10. The quantitative estimate of drug-likeness (QED) is 0.371. The molecule has 0 aliphatic carbocycles. The smallest absolute Gasteiger partial charge is 0.289 e. The summed E-state index contributed by atoms with van der Waals surface area (Å²) in [4.78, 5) is 2.27. The Balaban J connectivity index is 2.12. The van der Waals surface area contributed by atoms with Crippen molar-refractivity contribution in [3.05, 3.63) is 0 Å². The average Bonchev–Trinajstić information content (AvgIpc) is 1.69. The molecule has 1 rings (SSSR count). The van der Waals surface area contributed by atoms with Gasteiger partial charge in [0.1, 0.15) is 0 Å². The van der Waals surface area contributed by atoms with Crippen molar-refractivity contribution in [3.63, 3.8) is 0 Å². The van der Waals surface area contributed by atoms with E-state index >= 15 is 0 Å². The first kappa shape index (κ1) is 5.13. The second kappa shape index (κ2) is 2.33. The van der Waals surface area contributed by atoms with Gasteiger partial charge in [-0.25, -0.2) is 0 Å². The highest BCUT2D eigenvalue weighted by Crippen LogP contribution is 1.87. The lowest BCUT2D eigenvalue weighted by molar-refractivity contribution is 0.220. The molecule has 0 spiro atoms. The third-order valence-corrected chi connectivity index (χ3v) is 1.23. The highest BCUT2D eigenvalue weighted by molar-refractivity contribution is 6.27. The predicted octanol–water partition coefficient (Wildman–Crippen LogP) is -0.743. The van der Waals surface area contributed by atoms with E-state index in [4.69, 9.17) is 4.65 Å². The first-order valence-electron chi connectivity index (χ1n) is 2.66. The Bertz CT molecular complexity index is 53.7. The highest BCUT2D eigenvalue weighted by atomic mass is 16.4. The van der Waals surface area contributed by atoms with Crippen LogP contribution in [0.3, 0.4) is 0 Å². The first-order valence-corrected chi connectivity index (χ1v) is 2.66. The molecule has 1 aliphatic heterocycles. The molecule has 0 aromatic heterocycles. The molecule has 0 saturated carbocycles. The van der Waals surface area contributed by atoms with Crippen LogP contribution in [0.4, 0.5) is 0 Å². The van der Waals surface area contributed by atoms with E-state index in [-0.39, 0.29) is 0 Å². The van der Waals surface area contributed by atoms with Gasteiger partial charge in [-0.15, -0.1) is 0 Å². The molecule has 0 atom stereocenters. The molecular weight excluding hydrogens is 88.9 g/mol. The lowest BCUT2D eigenvalue weighted by atomic mass is 10.00. The largest absolute Gasteiger partial charge is 0.437 e. The van der Waals surface area contributed by atoms with Crippen LogP contribution in [-0.4, -0.2) is 39.0 Å². The topological polar surface area (TPSA) is 12.5 Å². The van der Waals surface area contributed by atoms with E-state index in [1.807, 2.05) is 0 Å². The molecule has 2 nitrogen and oxygen atoms in total. The van der Waals surface area contributed by atoms with Crippen LogP contribution in [0.2, 0.25) is 0 Å². The van der Waals surface area contributed by atoms with Gasteiger partial charge in [0, 0.05) is 19.6 Å². The first-order chi connectivity index (χ1) is 3.39. The predicted molar refractivity (Wildman–Crippen MR) is 30.6 cm³/mol. The van der Waals surface area contributed by atoms with Crippen LogP contribution in [0.15, 0.2) is 0 Å². The molecular formula is C4H10BNO. The average molecular weight is 98.9 g/mol. The molecule has 7 heavy (non-hydrogen) atoms. The molecule has 0 N–H and O–H groups in total. The molecule has 1 heterocycles. The maximum Gasteiger partial charge on any atom is 0.289 e. The minimum atomic E-state index is 0.913. The van der Waals surface area contributed by atoms with Crippen LogP contribution in [0.25, 0.3) is 0 Å². The lowest BCUT2D eigenvalue weighted by Gasteiger charge is -2.20. The van der Waals surface area contributed by atoms with Crippen LogP contribution in [-0.2, 0) is 4.65 Å². The molecule has 0 aromatic carbocycles. The van der Waals surface area contributed by atoms with Gasteiger partial charge in [0.05, 0.1) is 0 Å². The number of likely N-dealkylation sites (N-methyl/N-ethyl adjacent to an activating group) is 1. The van der Waals surface area contributed by atoms with Crippen LogP contribution in [0.5, 0.6) is 0 Å². The van der Waals surface area contributed by atoms with Crippen molar-refractivity contribution in [2.45, 2.75) is 0 Å². The summed E-state index contributed by atoms with van der Waals surface area (Å²) in [6.45, 7) is 2.01. The molecule has 1 aliphatic rings. The SMILES string of the molecule is CN1CBOCC1. The van der Waals surface area contributed by atoms with Gasteiger partial charge in [-0.1, -0.05) is 0 Å². The zero-order valence-electron chi connectivity index (χ0n) is 4.68. The Labute approximate surface area is 44.7 Å². The van der Waals surface area contributed by atoms with Gasteiger partial charge in [-0.2, -0.15) is 0 Å². The Kier molecular flexibility index (Phi) is 1.71. The van der Waals surface area contributed by atoms with Crippen molar-refractivity contribution in [3.8, 4) is 0 Å². The fraction of sp³-hybridized carbons (Fsp3) is 1.00. The molecule has 1 fully saturated rings. The maximum absolute atomic E-state index is 5.10. The van der Waals surface area contributed by atoms with Crippen molar-refractivity contribution in [2.24, 2.45) is 0 Å². The van der Waals surface area contributed by atoms with Gasteiger partial charge in [0.15, 0.2) is 0 Å². The van der Waals surface area contributed by atoms with Gasteiger partial charge >= 0.3 is 0 Å². The standard InChI is InChI=1S/C4H10BNO/c1-6-2-3-7-5-4-6/h5H,2-4H2,1H3. The Morgan fingerprint density at radius 1 is 1.71 bits per heavy atom. The minimum absolute atomic E-state index is 0.913. The minimum Gasteiger partial charge on any atom is -0.437 e. The summed E-state index contributed by atoms with van der Waals surface area (Å²) in [5.41, 5.74) is 0. The van der Waals surface area contributed by atoms with Gasteiger partial charge in [0.25, 0.3) is 7.48 Å². The Hall–Kier alpha value is -0.0151. The van der Waals surface area contributed by atoms with Gasteiger partial charge in [-0.3, -0.25) is 0 Å². The highest BCUT2D eigenvalue weighted by Gasteiger charge is 2.04. The number of hydrogen-bond donors (Lipinski definition) is 0. The summed E-state index contributed by atoms with van der Waals surface area (Å²) in [7, 11) is 3.03. The van der Waals surface area contributed by atoms with Crippen LogP contribution < -0.4 is 0 Å². The molecule has 3 heteroatoms. The summed E-state index contributed by atoms with van der Waals surface area (Å²) >= 11 is 0. The zero-order valence-corrected chi connectivity index (χ0v) is 4.68. The van der Waals surface area contributed by atoms with Gasteiger partial charge in [-0.05, 0) is 7.05 Å². The van der Waals surface area contributed by atoms with E-state index in [1.54, 1.807) is 0 Å².